The summed E-state index contributed by atoms with van der Waals surface area (Å²) in [5, 5.41) is 3.40. The van der Waals surface area contributed by atoms with Crippen LogP contribution >= 0.6 is 0 Å². The molecule has 0 fully saturated rings. The number of anilines is 2. The van der Waals surface area contributed by atoms with E-state index in [1.54, 1.807) is 0 Å². The molecule has 0 aliphatic rings. The van der Waals surface area contributed by atoms with Gasteiger partial charge in [0.05, 0.1) is 0 Å². The highest BCUT2D eigenvalue weighted by Gasteiger charge is 2.10. The molecule has 4 nitrogen and oxygen atoms in total. The monoisotopic (exact) mass is 298 g/mol. The van der Waals surface area contributed by atoms with Gasteiger partial charge in [-0.25, -0.2) is 4.98 Å². The van der Waals surface area contributed by atoms with Crippen LogP contribution in [0.25, 0.3) is 0 Å². The van der Waals surface area contributed by atoms with Crippen LogP contribution in [0.4, 0.5) is 11.8 Å². The molecular formula is C18H26N4. The third kappa shape index (κ3) is 4.72. The van der Waals surface area contributed by atoms with E-state index in [1.165, 1.54) is 5.56 Å². The summed E-state index contributed by atoms with van der Waals surface area (Å²) in [6.07, 6.45) is 2.20. The summed E-state index contributed by atoms with van der Waals surface area (Å²) in [6, 6.07) is 12.4. The van der Waals surface area contributed by atoms with E-state index in [-0.39, 0.29) is 0 Å². The fourth-order valence-electron chi connectivity index (χ4n) is 2.42. The average Bonchev–Trinajstić information content (AvgIpc) is 2.53. The summed E-state index contributed by atoms with van der Waals surface area (Å²) >= 11 is 0. The van der Waals surface area contributed by atoms with Crippen LogP contribution in [0.1, 0.15) is 37.9 Å². The van der Waals surface area contributed by atoms with Crippen LogP contribution in [0, 0.1) is 6.92 Å². The minimum absolute atomic E-state index is 0.776. The Morgan fingerprint density at radius 3 is 2.32 bits per heavy atom. The number of nitrogens with one attached hydrogen (secondary N) is 1. The Morgan fingerprint density at radius 2 is 1.68 bits per heavy atom. The molecule has 0 saturated carbocycles. The Hall–Kier alpha value is -2.10. The van der Waals surface area contributed by atoms with E-state index < -0.39 is 0 Å². The van der Waals surface area contributed by atoms with Crippen molar-refractivity contribution in [2.45, 2.75) is 40.2 Å². The molecule has 0 saturated heterocycles. The van der Waals surface area contributed by atoms with Crippen LogP contribution < -0.4 is 10.2 Å². The maximum Gasteiger partial charge on any atom is 0.227 e. The SMILES string of the molecule is CCCN(CCC)c1nc(C)cc(NCc2ccccc2)n1. The molecule has 0 bridgehead atoms. The largest absolute Gasteiger partial charge is 0.366 e. The Bertz CT molecular complexity index is 563. The van der Waals surface area contributed by atoms with Crippen molar-refractivity contribution >= 4 is 11.8 Å². The van der Waals surface area contributed by atoms with E-state index in [4.69, 9.17) is 0 Å². The Kier molecular flexibility index (Phi) is 6.19. The van der Waals surface area contributed by atoms with Crippen LogP contribution in [0.2, 0.25) is 0 Å². The number of benzene rings is 1. The zero-order valence-electron chi connectivity index (χ0n) is 13.8. The molecule has 22 heavy (non-hydrogen) atoms. The molecule has 1 heterocycles. The van der Waals surface area contributed by atoms with E-state index in [2.05, 4.69) is 58.3 Å². The predicted octanol–water partition coefficient (Wildman–Crippen LogP) is 4.02. The average molecular weight is 298 g/mol. The first-order chi connectivity index (χ1) is 10.7. The van der Waals surface area contributed by atoms with Gasteiger partial charge in [0, 0.05) is 31.4 Å². The first-order valence-electron chi connectivity index (χ1n) is 8.11. The smallest absolute Gasteiger partial charge is 0.227 e. The van der Waals surface area contributed by atoms with Gasteiger partial charge in [-0.15, -0.1) is 0 Å². The molecule has 0 aliphatic heterocycles. The predicted molar refractivity (Wildman–Crippen MR) is 93.3 cm³/mol. The lowest BCUT2D eigenvalue weighted by atomic mass is 10.2. The van der Waals surface area contributed by atoms with E-state index in [0.717, 1.165) is 49.9 Å². The zero-order chi connectivity index (χ0) is 15.8. The minimum Gasteiger partial charge on any atom is -0.366 e. The van der Waals surface area contributed by atoms with Gasteiger partial charge in [-0.3, -0.25) is 0 Å². The van der Waals surface area contributed by atoms with Gasteiger partial charge in [-0.1, -0.05) is 44.2 Å². The molecular weight excluding hydrogens is 272 g/mol. The number of hydrogen-bond donors (Lipinski definition) is 1. The third-order valence-electron chi connectivity index (χ3n) is 3.43. The van der Waals surface area contributed by atoms with E-state index in [9.17, 15) is 0 Å². The lowest BCUT2D eigenvalue weighted by molar-refractivity contribution is 0.719. The quantitative estimate of drug-likeness (QED) is 0.799. The molecule has 1 aromatic heterocycles. The summed E-state index contributed by atoms with van der Waals surface area (Å²) in [6.45, 7) is 9.16. The molecule has 0 atom stereocenters. The van der Waals surface area contributed by atoms with E-state index in [1.807, 2.05) is 19.1 Å². The fraction of sp³-hybridized carbons (Fsp3) is 0.444. The first kappa shape index (κ1) is 16.3. The number of hydrogen-bond acceptors (Lipinski definition) is 4. The normalized spacial score (nSPS) is 10.5. The Labute approximate surface area is 133 Å². The van der Waals surface area contributed by atoms with Gasteiger partial charge in [-0.2, -0.15) is 4.98 Å². The van der Waals surface area contributed by atoms with Crippen molar-refractivity contribution in [3.05, 3.63) is 47.7 Å². The van der Waals surface area contributed by atoms with Crippen LogP contribution in [0.15, 0.2) is 36.4 Å². The highest BCUT2D eigenvalue weighted by atomic mass is 15.3. The van der Waals surface area contributed by atoms with Crippen molar-refractivity contribution < 1.29 is 0 Å². The van der Waals surface area contributed by atoms with Crippen LogP contribution in [0.5, 0.6) is 0 Å². The molecule has 0 aliphatic carbocycles. The molecule has 1 aromatic carbocycles. The van der Waals surface area contributed by atoms with Gasteiger partial charge in [0.25, 0.3) is 0 Å². The Balaban J connectivity index is 2.11. The highest BCUT2D eigenvalue weighted by molar-refractivity contribution is 5.44. The van der Waals surface area contributed by atoms with Crippen LogP contribution in [-0.2, 0) is 6.54 Å². The van der Waals surface area contributed by atoms with Crippen LogP contribution in [-0.4, -0.2) is 23.1 Å². The molecule has 2 aromatic rings. The molecule has 4 heteroatoms. The number of nitrogens with zero attached hydrogens (tertiary/aromatic N) is 3. The maximum absolute atomic E-state index is 4.69. The fourth-order valence-corrected chi connectivity index (χ4v) is 2.42. The molecule has 0 spiro atoms. The molecule has 1 N–H and O–H groups in total. The summed E-state index contributed by atoms with van der Waals surface area (Å²) in [5.41, 5.74) is 2.25. The lowest BCUT2D eigenvalue weighted by Crippen LogP contribution is -2.27. The second-order valence-corrected chi connectivity index (χ2v) is 5.52. The van der Waals surface area contributed by atoms with Gasteiger partial charge in [0.1, 0.15) is 5.82 Å². The van der Waals surface area contributed by atoms with Crippen molar-refractivity contribution in [3.8, 4) is 0 Å². The Morgan fingerprint density at radius 1 is 1.00 bits per heavy atom. The van der Waals surface area contributed by atoms with Crippen molar-refractivity contribution in [2.24, 2.45) is 0 Å². The van der Waals surface area contributed by atoms with Gasteiger partial charge in [0.15, 0.2) is 0 Å². The van der Waals surface area contributed by atoms with E-state index in [0.29, 0.717) is 0 Å². The molecule has 2 rings (SSSR count). The van der Waals surface area contributed by atoms with Gasteiger partial charge < -0.3 is 10.2 Å². The van der Waals surface area contributed by atoms with Gasteiger partial charge >= 0.3 is 0 Å². The van der Waals surface area contributed by atoms with Crippen molar-refractivity contribution in [1.82, 2.24) is 9.97 Å². The second kappa shape index (κ2) is 8.37. The standard InChI is InChI=1S/C18H26N4/c1-4-11-22(12-5-2)18-20-15(3)13-17(21-18)19-14-16-9-7-6-8-10-16/h6-10,13H,4-5,11-12,14H2,1-3H3,(H,19,20,21). The van der Waals surface area contributed by atoms with Crippen LogP contribution in [0.3, 0.4) is 0 Å². The number of aromatic nitrogens is 2. The van der Waals surface area contributed by atoms with Crippen molar-refractivity contribution in [1.29, 1.82) is 0 Å². The van der Waals surface area contributed by atoms with E-state index >= 15 is 0 Å². The summed E-state index contributed by atoms with van der Waals surface area (Å²) in [4.78, 5) is 11.6. The highest BCUT2D eigenvalue weighted by Crippen LogP contribution is 2.15. The summed E-state index contributed by atoms with van der Waals surface area (Å²) in [7, 11) is 0. The number of rotatable bonds is 8. The van der Waals surface area contributed by atoms with Gasteiger partial charge in [0.2, 0.25) is 5.95 Å². The molecule has 0 radical (unpaired) electrons. The topological polar surface area (TPSA) is 41.1 Å². The second-order valence-electron chi connectivity index (χ2n) is 5.52. The molecule has 118 valence electrons. The maximum atomic E-state index is 4.69. The molecule has 0 unspecified atom stereocenters. The lowest BCUT2D eigenvalue weighted by Gasteiger charge is -2.22. The number of aryl methyl sites for hydroxylation is 1. The van der Waals surface area contributed by atoms with Crippen molar-refractivity contribution in [3.63, 3.8) is 0 Å². The summed E-state index contributed by atoms with van der Waals surface area (Å²) < 4.78 is 0. The first-order valence-corrected chi connectivity index (χ1v) is 8.11. The molecule has 0 amide bonds. The van der Waals surface area contributed by atoms with Crippen molar-refractivity contribution in [2.75, 3.05) is 23.3 Å². The third-order valence-corrected chi connectivity index (χ3v) is 3.43. The minimum atomic E-state index is 0.776. The zero-order valence-corrected chi connectivity index (χ0v) is 13.8. The van der Waals surface area contributed by atoms with Gasteiger partial charge in [-0.05, 0) is 25.3 Å². The summed E-state index contributed by atoms with van der Waals surface area (Å²) in [5.74, 6) is 1.72.